The van der Waals surface area contributed by atoms with Crippen LogP contribution in [0.2, 0.25) is 0 Å². The highest BCUT2D eigenvalue weighted by Gasteiger charge is 2.29. The van der Waals surface area contributed by atoms with Gasteiger partial charge in [-0.2, -0.15) is 0 Å². The molecule has 1 aromatic rings. The number of methoxy groups -OCH3 is 1. The predicted molar refractivity (Wildman–Crippen MR) is 106 cm³/mol. The molecule has 2 aliphatic rings. The van der Waals surface area contributed by atoms with Crippen LogP contribution in [0.4, 0.5) is 5.69 Å². The Kier molecular flexibility index (Phi) is 6.41. The molecule has 0 bridgehead atoms. The third-order valence-corrected chi connectivity index (χ3v) is 6.22. The second kappa shape index (κ2) is 8.76. The summed E-state index contributed by atoms with van der Waals surface area (Å²) in [4.78, 5) is 17.1. The van der Waals surface area contributed by atoms with Gasteiger partial charge in [0.05, 0.1) is 19.3 Å². The average Bonchev–Trinajstić information content (AvgIpc) is 2.66. The molecule has 0 spiro atoms. The first kappa shape index (κ1) is 19.0. The predicted octanol–water partition coefficient (Wildman–Crippen LogP) is 2.76. The summed E-state index contributed by atoms with van der Waals surface area (Å²) >= 11 is 0. The Morgan fingerprint density at radius 2 is 1.88 bits per heavy atom. The molecule has 144 valence electrons. The van der Waals surface area contributed by atoms with Crippen LogP contribution in [-0.4, -0.2) is 56.7 Å². The summed E-state index contributed by atoms with van der Waals surface area (Å²) in [7, 11) is 1.71. The Morgan fingerprint density at radius 3 is 2.62 bits per heavy atom. The number of benzene rings is 1. The fourth-order valence-corrected chi connectivity index (χ4v) is 4.28. The van der Waals surface area contributed by atoms with Crippen LogP contribution >= 0.6 is 0 Å². The van der Waals surface area contributed by atoms with Gasteiger partial charge in [-0.15, -0.1) is 0 Å². The van der Waals surface area contributed by atoms with Crippen molar-refractivity contribution in [1.82, 2.24) is 10.2 Å². The van der Waals surface area contributed by atoms with Crippen LogP contribution in [0.25, 0.3) is 0 Å². The molecular formula is C21H33N3O2. The largest absolute Gasteiger partial charge is 0.495 e. The Balaban J connectivity index is 1.47. The summed E-state index contributed by atoms with van der Waals surface area (Å²) in [5.74, 6) is 2.38. The number of rotatable bonds is 5. The lowest BCUT2D eigenvalue weighted by Gasteiger charge is -2.37. The Labute approximate surface area is 157 Å². The van der Waals surface area contributed by atoms with Gasteiger partial charge in [-0.05, 0) is 30.4 Å². The van der Waals surface area contributed by atoms with Gasteiger partial charge in [0.1, 0.15) is 5.75 Å². The van der Waals surface area contributed by atoms with Crippen molar-refractivity contribution in [2.75, 3.05) is 44.7 Å². The fourth-order valence-electron chi connectivity index (χ4n) is 4.28. The smallest absolute Gasteiger partial charge is 0.234 e. The zero-order valence-electron chi connectivity index (χ0n) is 16.4. The van der Waals surface area contributed by atoms with E-state index in [-0.39, 0.29) is 5.91 Å². The van der Waals surface area contributed by atoms with Gasteiger partial charge in [0.15, 0.2) is 0 Å². The lowest BCUT2D eigenvalue weighted by molar-refractivity contribution is -0.123. The van der Waals surface area contributed by atoms with E-state index in [0.29, 0.717) is 24.4 Å². The minimum atomic E-state index is 0.182. The molecule has 1 N–H and O–H groups in total. The third kappa shape index (κ3) is 4.50. The van der Waals surface area contributed by atoms with E-state index in [1.165, 1.54) is 12.8 Å². The number of nitrogens with zero attached hydrogens (tertiary/aromatic N) is 2. The molecule has 1 heterocycles. The number of piperazine rings is 1. The van der Waals surface area contributed by atoms with Gasteiger partial charge < -0.3 is 15.0 Å². The van der Waals surface area contributed by atoms with Crippen LogP contribution in [0.3, 0.4) is 0 Å². The molecule has 1 aliphatic carbocycles. The Hall–Kier alpha value is -1.75. The number of para-hydroxylation sites is 2. The van der Waals surface area contributed by atoms with Crippen LogP contribution in [0.15, 0.2) is 24.3 Å². The molecule has 0 unspecified atom stereocenters. The summed E-state index contributed by atoms with van der Waals surface area (Å²) in [6.07, 6.45) is 3.64. The highest BCUT2D eigenvalue weighted by molar-refractivity contribution is 5.78. The maximum absolute atomic E-state index is 12.5. The number of anilines is 1. The number of carbonyl (C=O) groups excluding carboxylic acids is 1. The third-order valence-electron chi connectivity index (χ3n) is 6.22. The Bertz CT molecular complexity index is 599. The molecule has 26 heavy (non-hydrogen) atoms. The fraction of sp³-hybridized carbons (Fsp3) is 0.667. The summed E-state index contributed by atoms with van der Waals surface area (Å²) in [6.45, 7) is 8.75. The highest BCUT2D eigenvalue weighted by atomic mass is 16.5. The first-order chi connectivity index (χ1) is 12.6. The van der Waals surface area contributed by atoms with Crippen molar-refractivity contribution in [3.8, 4) is 5.75 Å². The summed E-state index contributed by atoms with van der Waals surface area (Å²) in [5.41, 5.74) is 1.14. The number of carbonyl (C=O) groups is 1. The molecule has 3 atom stereocenters. The maximum atomic E-state index is 12.5. The zero-order chi connectivity index (χ0) is 18.5. The maximum Gasteiger partial charge on any atom is 0.234 e. The van der Waals surface area contributed by atoms with E-state index in [4.69, 9.17) is 4.74 Å². The van der Waals surface area contributed by atoms with Crippen LogP contribution in [0.1, 0.15) is 33.1 Å². The van der Waals surface area contributed by atoms with Crippen LogP contribution < -0.4 is 15.0 Å². The van der Waals surface area contributed by atoms with Crippen LogP contribution in [0.5, 0.6) is 5.75 Å². The van der Waals surface area contributed by atoms with E-state index in [9.17, 15) is 4.79 Å². The van der Waals surface area contributed by atoms with Crippen molar-refractivity contribution in [2.24, 2.45) is 11.8 Å². The molecule has 1 amide bonds. The van der Waals surface area contributed by atoms with Crippen LogP contribution in [0, 0.1) is 11.8 Å². The van der Waals surface area contributed by atoms with Gasteiger partial charge in [-0.3, -0.25) is 9.69 Å². The summed E-state index contributed by atoms with van der Waals surface area (Å²) < 4.78 is 5.47. The van der Waals surface area contributed by atoms with Crippen molar-refractivity contribution < 1.29 is 9.53 Å². The SMILES string of the molecule is COc1ccccc1N1CCN(CC(=O)N[C@H]2CCC[C@H](C)[C@H]2C)CC1. The molecule has 5 heteroatoms. The van der Waals surface area contributed by atoms with E-state index in [1.54, 1.807) is 7.11 Å². The highest BCUT2D eigenvalue weighted by Crippen LogP contribution is 2.30. The van der Waals surface area contributed by atoms with E-state index in [0.717, 1.165) is 44.0 Å². The molecule has 5 nitrogen and oxygen atoms in total. The second-order valence-corrected chi connectivity index (χ2v) is 7.88. The first-order valence-electron chi connectivity index (χ1n) is 9.98. The molecule has 2 fully saturated rings. The number of hydrogen-bond donors (Lipinski definition) is 1. The van der Waals surface area contributed by atoms with Gasteiger partial charge in [0, 0.05) is 32.2 Å². The normalized spacial score (nSPS) is 27.2. The van der Waals surface area contributed by atoms with Crippen LogP contribution in [-0.2, 0) is 4.79 Å². The van der Waals surface area contributed by atoms with E-state index in [2.05, 4.69) is 35.0 Å². The molecule has 0 radical (unpaired) electrons. The van der Waals surface area contributed by atoms with E-state index in [1.807, 2.05) is 18.2 Å². The quantitative estimate of drug-likeness (QED) is 0.878. The van der Waals surface area contributed by atoms with Gasteiger partial charge in [0.25, 0.3) is 0 Å². The van der Waals surface area contributed by atoms with Gasteiger partial charge in [0.2, 0.25) is 5.91 Å². The second-order valence-electron chi connectivity index (χ2n) is 7.88. The minimum absolute atomic E-state index is 0.182. The summed E-state index contributed by atoms with van der Waals surface area (Å²) in [5, 5.41) is 3.29. The molecule has 0 aromatic heterocycles. The van der Waals surface area contributed by atoms with Crippen molar-refractivity contribution in [3.05, 3.63) is 24.3 Å². The van der Waals surface area contributed by atoms with Crippen molar-refractivity contribution >= 4 is 11.6 Å². The van der Waals surface area contributed by atoms with Crippen molar-refractivity contribution in [2.45, 2.75) is 39.2 Å². The molecule has 1 saturated heterocycles. The van der Waals surface area contributed by atoms with E-state index < -0.39 is 0 Å². The monoisotopic (exact) mass is 359 g/mol. The molecule has 3 rings (SSSR count). The molecule has 1 aromatic carbocycles. The molecule has 1 aliphatic heterocycles. The van der Waals surface area contributed by atoms with Gasteiger partial charge in [-0.1, -0.05) is 38.8 Å². The topological polar surface area (TPSA) is 44.8 Å². The lowest BCUT2D eigenvalue weighted by Crippen LogP contribution is -2.52. The number of hydrogen-bond acceptors (Lipinski definition) is 4. The Morgan fingerprint density at radius 1 is 1.15 bits per heavy atom. The zero-order valence-corrected chi connectivity index (χ0v) is 16.4. The van der Waals surface area contributed by atoms with Crippen molar-refractivity contribution in [1.29, 1.82) is 0 Å². The van der Waals surface area contributed by atoms with Crippen molar-refractivity contribution in [3.63, 3.8) is 0 Å². The molecular weight excluding hydrogens is 326 g/mol. The van der Waals surface area contributed by atoms with E-state index >= 15 is 0 Å². The number of nitrogens with one attached hydrogen (secondary N) is 1. The minimum Gasteiger partial charge on any atom is -0.495 e. The van der Waals surface area contributed by atoms with Gasteiger partial charge >= 0.3 is 0 Å². The lowest BCUT2D eigenvalue weighted by atomic mass is 9.78. The van der Waals surface area contributed by atoms with Gasteiger partial charge in [-0.25, -0.2) is 0 Å². The average molecular weight is 360 g/mol. The first-order valence-corrected chi connectivity index (χ1v) is 9.98. The number of amides is 1. The molecule has 1 saturated carbocycles. The standard InChI is InChI=1S/C21H33N3O2/c1-16-7-6-8-18(17(16)2)22-21(25)15-23-11-13-24(14-12-23)19-9-4-5-10-20(19)26-3/h4-5,9-10,16-18H,6-8,11-15H2,1-3H3,(H,22,25)/t16-,17+,18-/m0/s1. The summed E-state index contributed by atoms with van der Waals surface area (Å²) in [6, 6.07) is 8.50. The number of ether oxygens (including phenoxy) is 1.